The molecule has 1 aliphatic heterocycles. The molecule has 2 fully saturated rings. The van der Waals surface area contributed by atoms with Gasteiger partial charge in [-0.15, -0.1) is 0 Å². The highest BCUT2D eigenvalue weighted by atomic mass is 19.4. The number of rotatable bonds is 2. The van der Waals surface area contributed by atoms with Gasteiger partial charge in [-0.3, -0.25) is 4.79 Å². The number of urea groups is 1. The van der Waals surface area contributed by atoms with Crippen LogP contribution in [0.4, 0.5) is 23.7 Å². The quantitative estimate of drug-likeness (QED) is 0.865. The fourth-order valence-corrected chi connectivity index (χ4v) is 3.72. The van der Waals surface area contributed by atoms with Gasteiger partial charge in [0.25, 0.3) is 0 Å². The van der Waals surface area contributed by atoms with Crippen LogP contribution < -0.4 is 5.32 Å². The van der Waals surface area contributed by atoms with E-state index in [2.05, 4.69) is 10.3 Å². The van der Waals surface area contributed by atoms with Crippen molar-refractivity contribution in [2.75, 3.05) is 18.4 Å². The maximum absolute atomic E-state index is 12.9. The van der Waals surface area contributed by atoms with E-state index in [9.17, 15) is 27.9 Å². The van der Waals surface area contributed by atoms with Crippen molar-refractivity contribution in [1.82, 2.24) is 9.88 Å². The number of nitrogens with one attached hydrogen (secondary N) is 1. The Morgan fingerprint density at radius 3 is 2.79 bits per heavy atom. The zero-order valence-corrected chi connectivity index (χ0v) is 12.6. The fraction of sp³-hybridized carbons (Fsp3) is 0.533. The van der Waals surface area contributed by atoms with E-state index in [0.29, 0.717) is 12.8 Å². The Labute approximate surface area is 135 Å². The van der Waals surface area contributed by atoms with Crippen LogP contribution in [-0.2, 0) is 11.0 Å². The number of amides is 2. The van der Waals surface area contributed by atoms with Gasteiger partial charge in [0.05, 0.1) is 11.1 Å². The van der Waals surface area contributed by atoms with Gasteiger partial charge in [-0.05, 0) is 30.9 Å². The molecular formula is C15H16F3N3O3. The Balaban J connectivity index is 1.77. The number of anilines is 1. The highest BCUT2D eigenvalue weighted by molar-refractivity contribution is 5.91. The van der Waals surface area contributed by atoms with Gasteiger partial charge in [0.15, 0.2) is 5.69 Å². The van der Waals surface area contributed by atoms with Crippen LogP contribution in [-0.4, -0.2) is 40.1 Å². The minimum atomic E-state index is -4.69. The molecule has 1 aromatic rings. The van der Waals surface area contributed by atoms with Gasteiger partial charge in [0.1, 0.15) is 0 Å². The van der Waals surface area contributed by atoms with Crippen LogP contribution in [0.15, 0.2) is 18.3 Å². The molecule has 1 saturated carbocycles. The number of nitrogens with zero attached hydrogens (tertiary/aromatic N) is 2. The number of carbonyl (C=O) groups excluding carboxylic acids is 1. The van der Waals surface area contributed by atoms with Gasteiger partial charge in [-0.25, -0.2) is 9.78 Å². The van der Waals surface area contributed by atoms with Gasteiger partial charge in [0.2, 0.25) is 0 Å². The molecule has 0 radical (unpaired) electrons. The van der Waals surface area contributed by atoms with E-state index in [4.69, 9.17) is 0 Å². The van der Waals surface area contributed by atoms with Gasteiger partial charge in [-0.2, -0.15) is 13.2 Å². The number of halogens is 3. The summed E-state index contributed by atoms with van der Waals surface area (Å²) in [5.74, 6) is -1.10. The molecule has 2 atom stereocenters. The summed E-state index contributed by atoms with van der Waals surface area (Å²) in [5, 5.41) is 11.7. The molecule has 130 valence electrons. The Kier molecular flexibility index (Phi) is 3.89. The largest absolute Gasteiger partial charge is 0.481 e. The zero-order valence-electron chi connectivity index (χ0n) is 12.6. The first-order valence-electron chi connectivity index (χ1n) is 7.55. The Morgan fingerprint density at radius 1 is 1.42 bits per heavy atom. The molecule has 3 rings (SSSR count). The molecule has 0 spiro atoms. The molecule has 0 bridgehead atoms. The average Bonchev–Trinajstić information content (AvgIpc) is 3.04. The van der Waals surface area contributed by atoms with E-state index in [1.165, 1.54) is 11.0 Å². The van der Waals surface area contributed by atoms with E-state index < -0.39 is 35.0 Å². The number of fused-ring (bicyclic) bond motifs is 1. The van der Waals surface area contributed by atoms with Crippen molar-refractivity contribution in [3.8, 4) is 0 Å². The smallest absolute Gasteiger partial charge is 0.435 e. The van der Waals surface area contributed by atoms with E-state index >= 15 is 0 Å². The van der Waals surface area contributed by atoms with Gasteiger partial charge in [0, 0.05) is 19.3 Å². The molecule has 6 nitrogen and oxygen atoms in total. The third-order valence-electron chi connectivity index (χ3n) is 4.90. The number of hydrogen-bond acceptors (Lipinski definition) is 3. The molecule has 0 aromatic carbocycles. The van der Waals surface area contributed by atoms with Crippen LogP contribution in [0.25, 0.3) is 0 Å². The van der Waals surface area contributed by atoms with Crippen molar-refractivity contribution in [1.29, 1.82) is 0 Å². The number of carboxylic acids is 1. The molecule has 1 aromatic heterocycles. The summed E-state index contributed by atoms with van der Waals surface area (Å²) in [6.07, 6.45) is -1.71. The summed E-state index contributed by atoms with van der Waals surface area (Å²) < 4.78 is 38.8. The molecule has 24 heavy (non-hydrogen) atoms. The Hall–Kier alpha value is -2.32. The van der Waals surface area contributed by atoms with E-state index in [1.807, 2.05) is 0 Å². The number of alkyl halides is 3. The van der Waals surface area contributed by atoms with Crippen LogP contribution in [0.1, 0.15) is 25.0 Å². The SMILES string of the molecule is O=C(Nc1cccnc1C(F)(F)F)N1C[C@@H]2CCC[C@@]2(C(=O)O)C1. The number of carboxylic acid groups (broad SMARTS) is 1. The molecule has 0 unspecified atom stereocenters. The zero-order chi connectivity index (χ0) is 17.5. The normalized spacial score (nSPS) is 26.3. The second-order valence-electron chi connectivity index (χ2n) is 6.26. The predicted molar refractivity (Wildman–Crippen MR) is 77.2 cm³/mol. The summed E-state index contributed by atoms with van der Waals surface area (Å²) >= 11 is 0. The molecule has 2 amide bonds. The highest BCUT2D eigenvalue weighted by Gasteiger charge is 2.55. The lowest BCUT2D eigenvalue weighted by atomic mass is 9.81. The van der Waals surface area contributed by atoms with Gasteiger partial charge >= 0.3 is 18.2 Å². The number of carbonyl (C=O) groups is 2. The topological polar surface area (TPSA) is 82.5 Å². The minimum absolute atomic E-state index is 0.0143. The van der Waals surface area contributed by atoms with Crippen LogP contribution in [0, 0.1) is 11.3 Å². The Bertz CT molecular complexity index is 679. The lowest BCUT2D eigenvalue weighted by Crippen LogP contribution is -2.39. The molecule has 2 N–H and O–H groups in total. The van der Waals surface area contributed by atoms with Crippen LogP contribution in [0.2, 0.25) is 0 Å². The van der Waals surface area contributed by atoms with Gasteiger partial charge in [-0.1, -0.05) is 6.42 Å². The van der Waals surface area contributed by atoms with Crippen molar-refractivity contribution in [3.63, 3.8) is 0 Å². The number of likely N-dealkylation sites (tertiary alicyclic amines) is 1. The highest BCUT2D eigenvalue weighted by Crippen LogP contribution is 2.49. The predicted octanol–water partition coefficient (Wildman–Crippen LogP) is 2.82. The number of pyridine rings is 1. The summed E-state index contributed by atoms with van der Waals surface area (Å²) in [4.78, 5) is 28.5. The average molecular weight is 343 g/mol. The van der Waals surface area contributed by atoms with Crippen molar-refractivity contribution in [3.05, 3.63) is 24.0 Å². The second-order valence-corrected chi connectivity index (χ2v) is 6.26. The summed E-state index contributed by atoms with van der Waals surface area (Å²) in [7, 11) is 0. The number of hydrogen-bond donors (Lipinski definition) is 2. The third-order valence-corrected chi connectivity index (χ3v) is 4.90. The lowest BCUT2D eigenvalue weighted by molar-refractivity contribution is -0.149. The van der Waals surface area contributed by atoms with Crippen molar-refractivity contribution in [2.45, 2.75) is 25.4 Å². The minimum Gasteiger partial charge on any atom is -0.481 e. The van der Waals surface area contributed by atoms with Gasteiger partial charge < -0.3 is 15.3 Å². The third kappa shape index (κ3) is 2.67. The molecule has 1 saturated heterocycles. The molecule has 9 heteroatoms. The number of aliphatic carboxylic acids is 1. The second kappa shape index (κ2) is 5.64. The summed E-state index contributed by atoms with van der Waals surface area (Å²) in [6, 6.07) is 1.68. The van der Waals surface area contributed by atoms with E-state index in [1.54, 1.807) is 0 Å². The molecular weight excluding hydrogens is 327 g/mol. The van der Waals surface area contributed by atoms with Crippen molar-refractivity contribution >= 4 is 17.7 Å². The van der Waals surface area contributed by atoms with Crippen molar-refractivity contribution < 1.29 is 27.9 Å². The first-order valence-corrected chi connectivity index (χ1v) is 7.55. The number of aromatic nitrogens is 1. The van der Waals surface area contributed by atoms with Crippen molar-refractivity contribution in [2.24, 2.45) is 11.3 Å². The summed E-state index contributed by atoms with van der Waals surface area (Å²) in [5.41, 5.74) is -2.58. The standard InChI is InChI=1S/C15H16F3N3O3/c16-15(17,18)11-10(4-2-6-19-11)20-13(24)21-7-9-3-1-5-14(9,8-21)12(22)23/h2,4,6,9H,1,3,5,7-8H2,(H,20,24)(H,22,23)/t9-,14+/m0/s1. The maximum atomic E-state index is 12.9. The van der Waals surface area contributed by atoms with E-state index in [0.717, 1.165) is 18.7 Å². The first kappa shape index (κ1) is 16.5. The monoisotopic (exact) mass is 343 g/mol. The summed E-state index contributed by atoms with van der Waals surface area (Å²) in [6.45, 7) is 0.250. The van der Waals surface area contributed by atoms with Crippen LogP contribution in [0.3, 0.4) is 0 Å². The fourth-order valence-electron chi connectivity index (χ4n) is 3.72. The molecule has 2 aliphatic rings. The Morgan fingerprint density at radius 2 is 2.17 bits per heavy atom. The van der Waals surface area contributed by atoms with Crippen LogP contribution in [0.5, 0.6) is 0 Å². The maximum Gasteiger partial charge on any atom is 0.435 e. The first-order chi connectivity index (χ1) is 11.2. The molecule has 2 heterocycles. The van der Waals surface area contributed by atoms with Crippen LogP contribution >= 0.6 is 0 Å². The van der Waals surface area contributed by atoms with E-state index in [-0.39, 0.29) is 19.0 Å². The lowest BCUT2D eigenvalue weighted by Gasteiger charge is -2.23. The molecule has 1 aliphatic carbocycles.